The molecule has 0 bridgehead atoms. The van der Waals surface area contributed by atoms with Crippen LogP contribution in [-0.4, -0.2) is 7.05 Å². The summed E-state index contributed by atoms with van der Waals surface area (Å²) < 4.78 is 0. The zero-order chi connectivity index (χ0) is 15.5. The molecule has 1 aromatic carbocycles. The molecule has 0 aromatic heterocycles. The monoisotopic (exact) mass is 287 g/mol. The maximum Gasteiger partial charge on any atom is 0.0377 e. The van der Waals surface area contributed by atoms with Crippen LogP contribution in [0.5, 0.6) is 0 Å². The van der Waals surface area contributed by atoms with Gasteiger partial charge >= 0.3 is 0 Å². The van der Waals surface area contributed by atoms with Crippen LogP contribution in [0, 0.1) is 5.41 Å². The molecule has 1 fully saturated rings. The van der Waals surface area contributed by atoms with E-state index in [0.717, 1.165) is 19.3 Å². The van der Waals surface area contributed by atoms with Gasteiger partial charge in [0.05, 0.1) is 0 Å². The van der Waals surface area contributed by atoms with Crippen LogP contribution in [-0.2, 0) is 19.3 Å². The van der Waals surface area contributed by atoms with Crippen molar-refractivity contribution >= 4 is 0 Å². The molecular formula is C20H33N. The van der Waals surface area contributed by atoms with E-state index >= 15 is 0 Å². The lowest BCUT2D eigenvalue weighted by Crippen LogP contribution is -2.34. The van der Waals surface area contributed by atoms with Crippen LogP contribution >= 0.6 is 0 Å². The van der Waals surface area contributed by atoms with Gasteiger partial charge in [0, 0.05) is 6.04 Å². The van der Waals surface area contributed by atoms with Gasteiger partial charge in [-0.25, -0.2) is 0 Å². The molecule has 1 aliphatic rings. The molecule has 0 aliphatic heterocycles. The highest BCUT2D eigenvalue weighted by molar-refractivity contribution is 5.43. The quantitative estimate of drug-likeness (QED) is 0.757. The van der Waals surface area contributed by atoms with Gasteiger partial charge in [-0.2, -0.15) is 0 Å². The molecule has 1 saturated carbocycles. The Bertz CT molecular complexity index is 444. The van der Waals surface area contributed by atoms with Crippen LogP contribution in [0.3, 0.4) is 0 Å². The van der Waals surface area contributed by atoms with Crippen LogP contribution in [0.4, 0.5) is 0 Å². The van der Waals surface area contributed by atoms with Crippen molar-refractivity contribution in [3.8, 4) is 0 Å². The number of nitrogens with one attached hydrogen (secondary N) is 1. The van der Waals surface area contributed by atoms with Crippen LogP contribution in [0.15, 0.2) is 12.1 Å². The Morgan fingerprint density at radius 3 is 1.90 bits per heavy atom. The van der Waals surface area contributed by atoms with Crippen molar-refractivity contribution in [2.75, 3.05) is 7.05 Å². The maximum absolute atomic E-state index is 3.69. The maximum atomic E-state index is 3.69. The van der Waals surface area contributed by atoms with Crippen LogP contribution in [0.25, 0.3) is 0 Å². The summed E-state index contributed by atoms with van der Waals surface area (Å²) in [6.07, 6.45) is 8.94. The van der Waals surface area contributed by atoms with Crippen LogP contribution in [0.2, 0.25) is 0 Å². The molecule has 1 aromatic rings. The number of hydrogen-bond acceptors (Lipinski definition) is 1. The van der Waals surface area contributed by atoms with Crippen LogP contribution < -0.4 is 5.32 Å². The van der Waals surface area contributed by atoms with Crippen LogP contribution in [0.1, 0.15) is 81.7 Å². The average molecular weight is 287 g/mol. The molecule has 1 atom stereocenters. The Hall–Kier alpha value is -0.820. The standard InChI is InChI=1S/C20H33N/c1-6-15-13-16(7-2)18(17(8-3)14-15)19(21-5)20(4)11-9-10-12-20/h13-14,19,21H,6-12H2,1-5H3. The van der Waals surface area contributed by atoms with E-state index in [4.69, 9.17) is 0 Å². The minimum atomic E-state index is 0.427. The van der Waals surface area contributed by atoms with Crippen molar-refractivity contribution in [2.24, 2.45) is 5.41 Å². The Balaban J connectivity index is 2.53. The second-order valence-corrected chi connectivity index (χ2v) is 6.97. The molecule has 0 radical (unpaired) electrons. The topological polar surface area (TPSA) is 12.0 Å². The molecule has 1 unspecified atom stereocenters. The van der Waals surface area contributed by atoms with Gasteiger partial charge in [0.2, 0.25) is 0 Å². The lowest BCUT2D eigenvalue weighted by molar-refractivity contribution is 0.232. The van der Waals surface area contributed by atoms with E-state index in [1.807, 2.05) is 0 Å². The van der Waals surface area contributed by atoms with Crippen molar-refractivity contribution in [1.82, 2.24) is 5.32 Å². The highest BCUT2D eigenvalue weighted by Crippen LogP contribution is 2.48. The lowest BCUT2D eigenvalue weighted by Gasteiger charge is -2.37. The van der Waals surface area contributed by atoms with Gasteiger partial charge in [0.15, 0.2) is 0 Å². The lowest BCUT2D eigenvalue weighted by atomic mass is 9.74. The highest BCUT2D eigenvalue weighted by atomic mass is 14.9. The van der Waals surface area contributed by atoms with E-state index in [1.165, 1.54) is 31.2 Å². The van der Waals surface area contributed by atoms with Gasteiger partial charge < -0.3 is 5.32 Å². The van der Waals surface area contributed by atoms with E-state index in [0.29, 0.717) is 11.5 Å². The summed E-state index contributed by atoms with van der Waals surface area (Å²) in [6, 6.07) is 5.42. The largest absolute Gasteiger partial charge is 0.313 e. The molecule has 21 heavy (non-hydrogen) atoms. The molecule has 0 heterocycles. The molecule has 0 saturated heterocycles. The van der Waals surface area contributed by atoms with E-state index < -0.39 is 0 Å². The van der Waals surface area contributed by atoms with Crippen molar-refractivity contribution in [1.29, 1.82) is 0 Å². The Morgan fingerprint density at radius 1 is 1.00 bits per heavy atom. The predicted octanol–water partition coefficient (Wildman–Crippen LogP) is 5.21. The fourth-order valence-electron chi connectivity index (χ4n) is 4.32. The van der Waals surface area contributed by atoms with Gasteiger partial charge in [-0.3, -0.25) is 0 Å². The first-order chi connectivity index (χ1) is 10.1. The summed E-state index contributed by atoms with van der Waals surface area (Å²) in [5, 5.41) is 3.69. The summed E-state index contributed by atoms with van der Waals surface area (Å²) in [7, 11) is 2.15. The third-order valence-corrected chi connectivity index (χ3v) is 5.60. The van der Waals surface area contributed by atoms with Gasteiger partial charge in [0.25, 0.3) is 0 Å². The molecule has 0 amide bonds. The minimum absolute atomic E-state index is 0.427. The van der Waals surface area contributed by atoms with Crippen molar-refractivity contribution in [3.05, 3.63) is 34.4 Å². The van der Waals surface area contributed by atoms with E-state index in [1.54, 1.807) is 16.7 Å². The average Bonchev–Trinajstić information content (AvgIpc) is 2.95. The molecule has 1 nitrogen and oxygen atoms in total. The predicted molar refractivity (Wildman–Crippen MR) is 93.0 cm³/mol. The molecular weight excluding hydrogens is 254 g/mol. The highest BCUT2D eigenvalue weighted by Gasteiger charge is 2.38. The first-order valence-electron chi connectivity index (χ1n) is 8.91. The summed E-state index contributed by atoms with van der Waals surface area (Å²) in [5.74, 6) is 0. The second-order valence-electron chi connectivity index (χ2n) is 6.97. The SMILES string of the molecule is CCc1cc(CC)c(C(NC)C2(C)CCCC2)c(CC)c1. The number of hydrogen-bond donors (Lipinski definition) is 1. The van der Waals surface area contributed by atoms with Crippen molar-refractivity contribution < 1.29 is 0 Å². The Kier molecular flexibility index (Phi) is 5.48. The van der Waals surface area contributed by atoms with Gasteiger partial charge in [-0.1, -0.05) is 52.7 Å². The fraction of sp³-hybridized carbons (Fsp3) is 0.700. The summed E-state index contributed by atoms with van der Waals surface area (Å²) in [4.78, 5) is 0. The third-order valence-electron chi connectivity index (χ3n) is 5.60. The van der Waals surface area contributed by atoms with E-state index in [9.17, 15) is 0 Å². The molecule has 1 N–H and O–H groups in total. The zero-order valence-electron chi connectivity index (χ0n) is 14.7. The number of aryl methyl sites for hydroxylation is 3. The van der Waals surface area contributed by atoms with E-state index in [2.05, 4.69) is 52.2 Å². The molecule has 118 valence electrons. The van der Waals surface area contributed by atoms with Gasteiger partial charge in [-0.05, 0) is 66.8 Å². The summed E-state index contributed by atoms with van der Waals surface area (Å²) >= 11 is 0. The molecule has 1 heteroatoms. The number of benzene rings is 1. The summed E-state index contributed by atoms with van der Waals surface area (Å²) in [5.41, 5.74) is 6.68. The first kappa shape index (κ1) is 16.5. The van der Waals surface area contributed by atoms with Crippen molar-refractivity contribution in [2.45, 2.75) is 78.7 Å². The second kappa shape index (κ2) is 6.96. The van der Waals surface area contributed by atoms with Gasteiger partial charge in [0.1, 0.15) is 0 Å². The minimum Gasteiger partial charge on any atom is -0.313 e. The Morgan fingerprint density at radius 2 is 1.52 bits per heavy atom. The smallest absolute Gasteiger partial charge is 0.0377 e. The normalized spacial score (nSPS) is 18.9. The first-order valence-corrected chi connectivity index (χ1v) is 8.91. The number of rotatable bonds is 6. The zero-order valence-corrected chi connectivity index (χ0v) is 14.7. The van der Waals surface area contributed by atoms with Gasteiger partial charge in [-0.15, -0.1) is 0 Å². The molecule has 0 spiro atoms. The fourth-order valence-corrected chi connectivity index (χ4v) is 4.32. The molecule has 2 rings (SSSR count). The van der Waals surface area contributed by atoms with E-state index in [-0.39, 0.29) is 0 Å². The summed E-state index contributed by atoms with van der Waals surface area (Å²) in [6.45, 7) is 9.37. The Labute approximate surface area is 131 Å². The third kappa shape index (κ3) is 3.18. The molecule has 1 aliphatic carbocycles. The van der Waals surface area contributed by atoms with Crippen molar-refractivity contribution in [3.63, 3.8) is 0 Å².